The van der Waals surface area contributed by atoms with Crippen LogP contribution in [0.4, 0.5) is 0 Å². The molecule has 0 amide bonds. The lowest BCUT2D eigenvalue weighted by atomic mass is 10.2. The predicted octanol–water partition coefficient (Wildman–Crippen LogP) is 2.71. The van der Waals surface area contributed by atoms with E-state index in [9.17, 15) is 0 Å². The van der Waals surface area contributed by atoms with Gasteiger partial charge in [-0.3, -0.25) is 0 Å². The molecular formula is C8H15NO. The molecule has 0 radical (unpaired) electrons. The fourth-order valence-electron chi connectivity index (χ4n) is 0.516. The largest absolute Gasteiger partial charge is 0.362 e. The Balaban J connectivity index is 0.000000371. The van der Waals surface area contributed by atoms with Crippen molar-refractivity contribution in [3.8, 4) is 0 Å². The highest BCUT2D eigenvalue weighted by Crippen LogP contribution is 2.05. The molecule has 0 aromatic carbocycles. The molecule has 0 saturated carbocycles. The molecule has 0 saturated heterocycles. The Bertz CT molecular complexity index is 129. The van der Waals surface area contributed by atoms with Gasteiger partial charge in [-0.2, -0.15) is 0 Å². The summed E-state index contributed by atoms with van der Waals surface area (Å²) in [5, 5.41) is 3.76. The second-order valence-corrected chi connectivity index (χ2v) is 1.94. The van der Waals surface area contributed by atoms with E-state index in [2.05, 4.69) is 5.16 Å². The number of rotatable bonds is 0. The van der Waals surface area contributed by atoms with Crippen molar-refractivity contribution in [1.82, 2.24) is 0 Å². The standard InChI is InChI=1S/C6H9NO.C2H6/c1-5-3-4-6(2)8-7-5;1-2/h4H,3H2,1-2H3;1-2H3. The molecule has 0 N–H and O–H groups in total. The zero-order valence-electron chi connectivity index (χ0n) is 7.14. The number of allylic oxidation sites excluding steroid dienone is 2. The van der Waals surface area contributed by atoms with Crippen molar-refractivity contribution in [1.29, 1.82) is 0 Å². The highest BCUT2D eigenvalue weighted by molar-refractivity contribution is 5.83. The minimum absolute atomic E-state index is 0.899. The van der Waals surface area contributed by atoms with E-state index in [4.69, 9.17) is 4.84 Å². The van der Waals surface area contributed by atoms with Crippen LogP contribution in [0, 0.1) is 0 Å². The number of oxime groups is 1. The van der Waals surface area contributed by atoms with Crippen LogP contribution in [-0.4, -0.2) is 5.71 Å². The second-order valence-electron chi connectivity index (χ2n) is 1.94. The summed E-state index contributed by atoms with van der Waals surface area (Å²) in [7, 11) is 0. The third-order valence-corrected chi connectivity index (χ3v) is 1.03. The molecule has 0 atom stereocenters. The quantitative estimate of drug-likeness (QED) is 0.508. The van der Waals surface area contributed by atoms with Gasteiger partial charge >= 0.3 is 0 Å². The maximum absolute atomic E-state index is 4.84. The molecule has 0 fully saturated rings. The van der Waals surface area contributed by atoms with Crippen molar-refractivity contribution >= 4 is 5.71 Å². The third-order valence-electron chi connectivity index (χ3n) is 1.03. The topological polar surface area (TPSA) is 21.6 Å². The first-order chi connectivity index (χ1) is 4.79. The van der Waals surface area contributed by atoms with Gasteiger partial charge in [0, 0.05) is 6.42 Å². The van der Waals surface area contributed by atoms with E-state index >= 15 is 0 Å². The molecule has 0 aromatic heterocycles. The number of hydrogen-bond acceptors (Lipinski definition) is 2. The Morgan fingerprint density at radius 3 is 2.30 bits per heavy atom. The molecule has 1 heterocycles. The lowest BCUT2D eigenvalue weighted by Gasteiger charge is -2.04. The smallest absolute Gasteiger partial charge is 0.128 e. The van der Waals surface area contributed by atoms with Crippen molar-refractivity contribution in [2.75, 3.05) is 0 Å². The summed E-state index contributed by atoms with van der Waals surface area (Å²) in [6.45, 7) is 7.85. The first-order valence-electron chi connectivity index (χ1n) is 3.66. The SMILES string of the molecule is CC.CC1=CCC(C)=NO1. The summed E-state index contributed by atoms with van der Waals surface area (Å²) in [5.74, 6) is 0.899. The molecular weight excluding hydrogens is 126 g/mol. The molecule has 1 aliphatic heterocycles. The van der Waals surface area contributed by atoms with Crippen LogP contribution in [-0.2, 0) is 4.84 Å². The summed E-state index contributed by atoms with van der Waals surface area (Å²) < 4.78 is 0. The van der Waals surface area contributed by atoms with Crippen molar-refractivity contribution < 1.29 is 4.84 Å². The lowest BCUT2D eigenvalue weighted by Crippen LogP contribution is -1.96. The average molecular weight is 141 g/mol. The molecule has 0 aromatic rings. The van der Waals surface area contributed by atoms with E-state index < -0.39 is 0 Å². The van der Waals surface area contributed by atoms with Crippen LogP contribution in [0.2, 0.25) is 0 Å². The Morgan fingerprint density at radius 1 is 1.40 bits per heavy atom. The summed E-state index contributed by atoms with van der Waals surface area (Å²) >= 11 is 0. The molecule has 0 spiro atoms. The van der Waals surface area contributed by atoms with Gasteiger partial charge in [0.2, 0.25) is 0 Å². The van der Waals surface area contributed by atoms with Gasteiger partial charge in [-0.15, -0.1) is 0 Å². The van der Waals surface area contributed by atoms with Gasteiger partial charge < -0.3 is 4.84 Å². The zero-order chi connectivity index (χ0) is 7.98. The number of nitrogens with zero attached hydrogens (tertiary/aromatic N) is 1. The highest BCUT2D eigenvalue weighted by Gasteiger charge is 1.97. The van der Waals surface area contributed by atoms with Gasteiger partial charge in [0.25, 0.3) is 0 Å². The summed E-state index contributed by atoms with van der Waals surface area (Å²) in [4.78, 5) is 4.84. The van der Waals surface area contributed by atoms with Gasteiger partial charge in [0.1, 0.15) is 5.76 Å². The van der Waals surface area contributed by atoms with E-state index in [1.807, 2.05) is 33.8 Å². The average Bonchev–Trinajstić information content (AvgIpc) is 2.00. The monoisotopic (exact) mass is 141 g/mol. The molecule has 0 unspecified atom stereocenters. The fraction of sp³-hybridized carbons (Fsp3) is 0.625. The van der Waals surface area contributed by atoms with Gasteiger partial charge in [0.15, 0.2) is 0 Å². The Labute approximate surface area is 62.6 Å². The van der Waals surface area contributed by atoms with Gasteiger partial charge in [-0.1, -0.05) is 19.0 Å². The third kappa shape index (κ3) is 3.28. The first kappa shape index (κ1) is 9.21. The number of hydrogen-bond donors (Lipinski definition) is 0. The highest BCUT2D eigenvalue weighted by atomic mass is 16.6. The molecule has 2 heteroatoms. The molecule has 58 valence electrons. The normalized spacial score (nSPS) is 15.6. The molecule has 0 aliphatic carbocycles. The minimum atomic E-state index is 0.899. The van der Waals surface area contributed by atoms with Crippen LogP contribution in [0.25, 0.3) is 0 Å². The van der Waals surface area contributed by atoms with Crippen molar-refractivity contribution in [2.24, 2.45) is 5.16 Å². The summed E-state index contributed by atoms with van der Waals surface area (Å²) in [6.07, 6.45) is 2.95. The van der Waals surface area contributed by atoms with E-state index in [0.717, 1.165) is 17.9 Å². The van der Waals surface area contributed by atoms with Gasteiger partial charge in [0.05, 0.1) is 5.71 Å². The van der Waals surface area contributed by atoms with E-state index in [1.165, 1.54) is 0 Å². The van der Waals surface area contributed by atoms with Crippen molar-refractivity contribution in [3.63, 3.8) is 0 Å². The van der Waals surface area contributed by atoms with Crippen LogP contribution >= 0.6 is 0 Å². The Morgan fingerprint density at radius 2 is 2.00 bits per heavy atom. The predicted molar refractivity (Wildman–Crippen MR) is 43.9 cm³/mol. The van der Waals surface area contributed by atoms with Crippen molar-refractivity contribution in [3.05, 3.63) is 11.8 Å². The summed E-state index contributed by atoms with van der Waals surface area (Å²) in [6, 6.07) is 0. The Kier molecular flexibility index (Phi) is 4.63. The van der Waals surface area contributed by atoms with E-state index in [1.54, 1.807) is 0 Å². The van der Waals surface area contributed by atoms with Crippen LogP contribution in [0.3, 0.4) is 0 Å². The summed E-state index contributed by atoms with van der Waals surface area (Å²) in [5.41, 5.74) is 1.04. The molecule has 1 rings (SSSR count). The first-order valence-corrected chi connectivity index (χ1v) is 3.66. The molecule has 0 bridgehead atoms. The fourth-order valence-corrected chi connectivity index (χ4v) is 0.516. The van der Waals surface area contributed by atoms with Crippen LogP contribution in [0.15, 0.2) is 17.0 Å². The van der Waals surface area contributed by atoms with Gasteiger partial charge in [-0.05, 0) is 19.9 Å². The molecule has 2 nitrogen and oxygen atoms in total. The molecule has 1 aliphatic rings. The van der Waals surface area contributed by atoms with Crippen LogP contribution in [0.5, 0.6) is 0 Å². The zero-order valence-corrected chi connectivity index (χ0v) is 7.14. The lowest BCUT2D eigenvalue weighted by molar-refractivity contribution is 0.223. The van der Waals surface area contributed by atoms with E-state index in [0.29, 0.717) is 0 Å². The van der Waals surface area contributed by atoms with Crippen LogP contribution < -0.4 is 0 Å². The van der Waals surface area contributed by atoms with Crippen LogP contribution in [0.1, 0.15) is 34.1 Å². The Hall–Kier alpha value is -0.790. The maximum atomic E-state index is 4.84. The minimum Gasteiger partial charge on any atom is -0.362 e. The van der Waals surface area contributed by atoms with Gasteiger partial charge in [-0.25, -0.2) is 0 Å². The van der Waals surface area contributed by atoms with E-state index in [-0.39, 0.29) is 0 Å². The maximum Gasteiger partial charge on any atom is 0.128 e. The second kappa shape index (κ2) is 5.03. The van der Waals surface area contributed by atoms with Crippen molar-refractivity contribution in [2.45, 2.75) is 34.1 Å². The molecule has 10 heavy (non-hydrogen) atoms.